The zero-order valence-electron chi connectivity index (χ0n) is 24.1. The van der Waals surface area contributed by atoms with E-state index in [9.17, 15) is 14.4 Å². The molecule has 0 bridgehead atoms. The molecule has 0 unspecified atom stereocenters. The van der Waals surface area contributed by atoms with Crippen LogP contribution in [0.15, 0.2) is 71.4 Å². The van der Waals surface area contributed by atoms with Crippen molar-refractivity contribution in [3.63, 3.8) is 0 Å². The van der Waals surface area contributed by atoms with Crippen molar-refractivity contribution in [2.75, 3.05) is 39.5 Å². The van der Waals surface area contributed by atoms with E-state index in [2.05, 4.69) is 4.98 Å². The summed E-state index contributed by atoms with van der Waals surface area (Å²) in [5, 5.41) is 9.90. The molecular weight excluding hydrogens is 552 g/mol. The monoisotopic (exact) mass is 588 g/mol. The number of likely N-dealkylation sites (tertiary alicyclic amines) is 1. The summed E-state index contributed by atoms with van der Waals surface area (Å²) in [6.07, 6.45) is 4.71. The van der Waals surface area contributed by atoms with E-state index in [1.54, 1.807) is 14.0 Å². The Kier molecular flexibility index (Phi) is 8.46. The third-order valence-electron chi connectivity index (χ3n) is 8.26. The maximum Gasteiger partial charge on any atom is 0.326 e. The molecule has 6 rings (SSSR count). The smallest absolute Gasteiger partial charge is 0.326 e. The molecule has 2 atom stereocenters. The van der Waals surface area contributed by atoms with Crippen molar-refractivity contribution in [3.05, 3.63) is 82.6 Å². The van der Waals surface area contributed by atoms with E-state index in [4.69, 9.17) is 19.3 Å². The number of ether oxygens (including phenoxy) is 3. The molecule has 1 amide bonds. The number of carbonyl (C=O) groups excluding carboxylic acids is 2. The number of aromatic nitrogens is 3. The lowest BCUT2D eigenvalue weighted by molar-refractivity contribution is -0.157. The summed E-state index contributed by atoms with van der Waals surface area (Å²) in [6, 6.07) is 15.3. The highest BCUT2D eigenvalue weighted by Crippen LogP contribution is 2.37. The molecule has 2 aromatic heterocycles. The van der Waals surface area contributed by atoms with Gasteiger partial charge >= 0.3 is 5.69 Å². The molecule has 4 heterocycles. The standard InChI is InChI=1S/C32H36N4O7/c1-21(38)35-20-25(24-6-2-4-8-27(24)35)22-18-29(43-30(19-22)42-17-16-41-15-14-37)31(39)34-12-10-23(11-13-34)36-28-9-5-3-7-26(28)33-32(36)40/h2-9,18,20,22-23,30,37H,10-17,19H2,1H3,(H,33,40)/t22-,30+/m1/s1. The average molecular weight is 589 g/mol. The van der Waals surface area contributed by atoms with Gasteiger partial charge in [-0.3, -0.25) is 18.7 Å². The summed E-state index contributed by atoms with van der Waals surface area (Å²) in [5.74, 6) is -0.348. The number of aliphatic hydroxyl groups excluding tert-OH is 1. The highest BCUT2D eigenvalue weighted by atomic mass is 16.7. The lowest BCUT2D eigenvalue weighted by Gasteiger charge is -2.35. The van der Waals surface area contributed by atoms with Gasteiger partial charge in [-0.25, -0.2) is 4.79 Å². The number of rotatable bonds is 9. The largest absolute Gasteiger partial charge is 0.459 e. The lowest BCUT2D eigenvalue weighted by Crippen LogP contribution is -2.42. The van der Waals surface area contributed by atoms with Crippen LogP contribution in [-0.2, 0) is 19.0 Å². The van der Waals surface area contributed by atoms with Crippen molar-refractivity contribution in [2.24, 2.45) is 0 Å². The molecule has 43 heavy (non-hydrogen) atoms. The number of imidazole rings is 1. The number of fused-ring (bicyclic) bond motifs is 2. The van der Waals surface area contributed by atoms with Crippen molar-refractivity contribution < 1.29 is 28.9 Å². The minimum Gasteiger partial charge on any atom is -0.459 e. The Morgan fingerprint density at radius 1 is 1.02 bits per heavy atom. The number of aromatic amines is 1. The first-order chi connectivity index (χ1) is 20.9. The van der Waals surface area contributed by atoms with Gasteiger partial charge in [0.1, 0.15) is 0 Å². The van der Waals surface area contributed by atoms with Gasteiger partial charge in [-0.05, 0) is 42.7 Å². The molecule has 226 valence electrons. The number of para-hydroxylation sites is 3. The van der Waals surface area contributed by atoms with E-state index in [-0.39, 0.29) is 61.7 Å². The molecule has 4 aromatic rings. The Morgan fingerprint density at radius 2 is 1.77 bits per heavy atom. The maximum absolute atomic E-state index is 13.8. The number of benzene rings is 2. The number of allylic oxidation sites excluding steroid dienone is 1. The van der Waals surface area contributed by atoms with Crippen LogP contribution in [0.2, 0.25) is 0 Å². The van der Waals surface area contributed by atoms with Crippen LogP contribution < -0.4 is 5.69 Å². The summed E-state index contributed by atoms with van der Waals surface area (Å²) in [4.78, 5) is 43.7. The van der Waals surface area contributed by atoms with Gasteiger partial charge < -0.3 is 29.2 Å². The van der Waals surface area contributed by atoms with E-state index in [0.29, 0.717) is 32.4 Å². The zero-order valence-corrected chi connectivity index (χ0v) is 24.1. The summed E-state index contributed by atoms with van der Waals surface area (Å²) in [6.45, 7) is 3.14. The van der Waals surface area contributed by atoms with Crippen LogP contribution in [0.3, 0.4) is 0 Å². The maximum atomic E-state index is 13.8. The molecular formula is C32H36N4O7. The second-order valence-corrected chi connectivity index (χ2v) is 11.0. The topological polar surface area (TPSA) is 128 Å². The van der Waals surface area contributed by atoms with E-state index < -0.39 is 6.29 Å². The van der Waals surface area contributed by atoms with E-state index >= 15 is 0 Å². The molecule has 0 spiro atoms. The first kappa shape index (κ1) is 28.9. The van der Waals surface area contributed by atoms with Crippen LogP contribution in [0.1, 0.15) is 48.5 Å². The van der Waals surface area contributed by atoms with Crippen molar-refractivity contribution in [1.82, 2.24) is 19.0 Å². The SMILES string of the molecule is CC(=O)n1cc([C@@H]2C=C(C(=O)N3CCC(n4c(=O)[nH]c5ccccc54)CC3)O[C@H](OCCOCCO)C2)c2ccccc21. The molecule has 2 aliphatic heterocycles. The van der Waals surface area contributed by atoms with E-state index in [1.165, 1.54) is 6.92 Å². The number of nitrogens with zero attached hydrogens (tertiary/aromatic N) is 3. The molecule has 11 nitrogen and oxygen atoms in total. The second-order valence-electron chi connectivity index (χ2n) is 11.0. The van der Waals surface area contributed by atoms with Crippen molar-refractivity contribution in [1.29, 1.82) is 0 Å². The van der Waals surface area contributed by atoms with Crippen LogP contribution in [0.25, 0.3) is 21.9 Å². The summed E-state index contributed by atoms with van der Waals surface area (Å²) in [5.41, 5.74) is 3.26. The first-order valence-electron chi connectivity index (χ1n) is 14.7. The van der Waals surface area contributed by atoms with Crippen molar-refractivity contribution in [3.8, 4) is 0 Å². The zero-order chi connectivity index (χ0) is 29.9. The third-order valence-corrected chi connectivity index (χ3v) is 8.26. The van der Waals surface area contributed by atoms with Gasteiger partial charge in [-0.2, -0.15) is 0 Å². The molecule has 0 radical (unpaired) electrons. The molecule has 1 saturated heterocycles. The van der Waals surface area contributed by atoms with Gasteiger partial charge in [-0.15, -0.1) is 0 Å². The average Bonchev–Trinajstić information content (AvgIpc) is 3.58. The number of hydrogen-bond donors (Lipinski definition) is 2. The van der Waals surface area contributed by atoms with Crippen LogP contribution in [0.5, 0.6) is 0 Å². The van der Waals surface area contributed by atoms with Crippen molar-refractivity contribution in [2.45, 2.75) is 44.4 Å². The van der Waals surface area contributed by atoms with Gasteiger partial charge in [0.25, 0.3) is 5.91 Å². The van der Waals surface area contributed by atoms with Gasteiger partial charge in [0.15, 0.2) is 5.76 Å². The second kappa shape index (κ2) is 12.6. The Morgan fingerprint density at radius 3 is 2.53 bits per heavy atom. The number of hydrogen-bond acceptors (Lipinski definition) is 7. The summed E-state index contributed by atoms with van der Waals surface area (Å²) in [7, 11) is 0. The number of aliphatic hydroxyl groups is 1. The van der Waals surface area contributed by atoms with Crippen molar-refractivity contribution >= 4 is 33.8 Å². The van der Waals surface area contributed by atoms with Crippen LogP contribution >= 0.6 is 0 Å². The normalized spacial score (nSPS) is 19.5. The fourth-order valence-electron chi connectivity index (χ4n) is 6.21. The fourth-order valence-corrected chi connectivity index (χ4v) is 6.21. The molecule has 2 N–H and O–H groups in total. The van der Waals surface area contributed by atoms with Gasteiger partial charge in [0.2, 0.25) is 12.2 Å². The first-order valence-corrected chi connectivity index (χ1v) is 14.7. The predicted molar refractivity (Wildman–Crippen MR) is 160 cm³/mol. The number of carbonyl (C=O) groups is 2. The highest BCUT2D eigenvalue weighted by Gasteiger charge is 2.34. The Hall–Kier alpha value is -4.19. The van der Waals surface area contributed by atoms with Gasteiger partial charge in [0, 0.05) is 50.0 Å². The molecule has 0 saturated carbocycles. The summed E-state index contributed by atoms with van der Waals surface area (Å²) < 4.78 is 20.9. The van der Waals surface area contributed by atoms with E-state index in [0.717, 1.165) is 27.5 Å². The molecule has 2 aliphatic rings. The minimum atomic E-state index is -0.701. The number of piperidine rings is 1. The predicted octanol–water partition coefficient (Wildman–Crippen LogP) is 3.55. The Balaban J connectivity index is 1.23. The summed E-state index contributed by atoms with van der Waals surface area (Å²) >= 11 is 0. The van der Waals surface area contributed by atoms with Crippen LogP contribution in [0, 0.1) is 0 Å². The minimum absolute atomic E-state index is 0.0191. The van der Waals surface area contributed by atoms with E-state index in [1.807, 2.05) is 60.8 Å². The number of amides is 1. The lowest BCUT2D eigenvalue weighted by atomic mass is 9.92. The fraction of sp³-hybridized carbons (Fsp3) is 0.406. The molecule has 2 aromatic carbocycles. The Bertz CT molecular complexity index is 1710. The van der Waals surface area contributed by atoms with Gasteiger partial charge in [0.05, 0.1) is 43.0 Å². The molecule has 1 fully saturated rings. The Labute approximate surface area is 248 Å². The third kappa shape index (κ3) is 5.88. The number of nitrogens with one attached hydrogen (secondary N) is 1. The highest BCUT2D eigenvalue weighted by molar-refractivity contribution is 5.95. The van der Waals surface area contributed by atoms with Crippen LogP contribution in [-0.4, -0.2) is 81.7 Å². The molecule has 0 aliphatic carbocycles. The number of H-pyrrole nitrogens is 1. The van der Waals surface area contributed by atoms with Gasteiger partial charge in [-0.1, -0.05) is 30.3 Å². The quantitative estimate of drug-likeness (QED) is 0.286. The van der Waals surface area contributed by atoms with Crippen LogP contribution in [0.4, 0.5) is 0 Å². The molecule has 11 heteroatoms.